The number of benzene rings is 2. The molecule has 2 aromatic rings. The zero-order valence-corrected chi connectivity index (χ0v) is 12.3. The Morgan fingerprint density at radius 3 is 2.48 bits per heavy atom. The molecule has 0 amide bonds. The van der Waals surface area contributed by atoms with Crippen molar-refractivity contribution in [2.45, 2.75) is 17.3 Å². The molecule has 0 atom stereocenters. The number of thioether (sulfide) groups is 1. The van der Waals surface area contributed by atoms with E-state index in [1.165, 1.54) is 23.9 Å². The van der Waals surface area contributed by atoms with Crippen molar-refractivity contribution in [2.24, 2.45) is 0 Å². The number of ether oxygens (including phenoxy) is 1. The predicted molar refractivity (Wildman–Crippen MR) is 80.1 cm³/mol. The number of hydrogen-bond acceptors (Lipinski definition) is 3. The van der Waals surface area contributed by atoms with Crippen LogP contribution in [0.3, 0.4) is 0 Å². The molecule has 0 aliphatic heterocycles. The third-order valence-electron chi connectivity index (χ3n) is 2.90. The van der Waals surface area contributed by atoms with Crippen molar-refractivity contribution in [1.82, 2.24) is 0 Å². The third kappa shape index (κ3) is 4.31. The molecule has 0 aromatic heterocycles. The van der Waals surface area contributed by atoms with E-state index in [0.717, 1.165) is 17.2 Å². The molecule has 0 spiro atoms. The summed E-state index contributed by atoms with van der Waals surface area (Å²) in [5.74, 6) is -0.900. The highest BCUT2D eigenvalue weighted by molar-refractivity contribution is 7.98. The van der Waals surface area contributed by atoms with Gasteiger partial charge in [0, 0.05) is 17.8 Å². The molecule has 110 valence electrons. The van der Waals surface area contributed by atoms with Crippen molar-refractivity contribution >= 4 is 17.7 Å². The number of rotatable bonds is 6. The molecule has 0 aliphatic rings. The number of carboxylic acid groups (broad SMARTS) is 1. The van der Waals surface area contributed by atoms with E-state index >= 15 is 0 Å². The summed E-state index contributed by atoms with van der Waals surface area (Å²) < 4.78 is 18.3. The fourth-order valence-corrected chi connectivity index (χ4v) is 2.87. The first-order chi connectivity index (χ1) is 10.1. The quantitative estimate of drug-likeness (QED) is 0.821. The van der Waals surface area contributed by atoms with Gasteiger partial charge in [0.1, 0.15) is 5.82 Å². The van der Waals surface area contributed by atoms with Crippen molar-refractivity contribution in [3.05, 3.63) is 65.0 Å². The van der Waals surface area contributed by atoms with Crippen LogP contribution < -0.4 is 0 Å². The molecule has 2 aromatic carbocycles. The van der Waals surface area contributed by atoms with Gasteiger partial charge in [-0.3, -0.25) is 0 Å². The largest absolute Gasteiger partial charge is 0.478 e. The Labute approximate surface area is 126 Å². The molecule has 21 heavy (non-hydrogen) atoms. The normalized spacial score (nSPS) is 10.6. The van der Waals surface area contributed by atoms with Crippen LogP contribution in [0.25, 0.3) is 0 Å². The maximum absolute atomic E-state index is 13.3. The fraction of sp³-hybridized carbons (Fsp3) is 0.188. The van der Waals surface area contributed by atoms with Crippen LogP contribution in [0, 0.1) is 5.82 Å². The zero-order valence-electron chi connectivity index (χ0n) is 11.5. The minimum absolute atomic E-state index is 0.123. The first-order valence-corrected chi connectivity index (χ1v) is 7.31. The highest BCUT2D eigenvalue weighted by Crippen LogP contribution is 2.27. The number of hydrogen-bond donors (Lipinski definition) is 1. The Hall–Kier alpha value is -1.85. The maximum atomic E-state index is 13.3. The summed E-state index contributed by atoms with van der Waals surface area (Å²) in [6.45, 7) is 0.556. The molecule has 0 radical (unpaired) electrons. The molecule has 2 rings (SSSR count). The molecule has 0 saturated carbocycles. The Bertz CT molecular complexity index is 626. The summed E-state index contributed by atoms with van der Waals surface area (Å²) in [5.41, 5.74) is 2.24. The van der Waals surface area contributed by atoms with Gasteiger partial charge >= 0.3 is 5.97 Å². The third-order valence-corrected chi connectivity index (χ3v) is 4.03. The first-order valence-electron chi connectivity index (χ1n) is 6.32. The fourth-order valence-electron chi connectivity index (χ4n) is 1.85. The lowest BCUT2D eigenvalue weighted by Crippen LogP contribution is -1.99. The van der Waals surface area contributed by atoms with Crippen molar-refractivity contribution < 1.29 is 19.0 Å². The van der Waals surface area contributed by atoms with Crippen molar-refractivity contribution in [3.8, 4) is 0 Å². The second-order valence-electron chi connectivity index (χ2n) is 4.48. The van der Waals surface area contributed by atoms with E-state index in [1.807, 2.05) is 24.3 Å². The van der Waals surface area contributed by atoms with E-state index < -0.39 is 11.8 Å². The van der Waals surface area contributed by atoms with Gasteiger partial charge in [0.2, 0.25) is 0 Å². The lowest BCUT2D eigenvalue weighted by atomic mass is 10.2. The summed E-state index contributed by atoms with van der Waals surface area (Å²) in [7, 11) is 1.64. The van der Waals surface area contributed by atoms with E-state index in [9.17, 15) is 9.18 Å². The number of aromatic carboxylic acids is 1. The average molecular weight is 306 g/mol. The van der Waals surface area contributed by atoms with Gasteiger partial charge in [-0.1, -0.05) is 24.3 Å². The van der Waals surface area contributed by atoms with E-state index in [1.54, 1.807) is 7.11 Å². The van der Waals surface area contributed by atoms with Crippen LogP contribution in [0.5, 0.6) is 0 Å². The van der Waals surface area contributed by atoms with Crippen LogP contribution in [0.15, 0.2) is 47.4 Å². The van der Waals surface area contributed by atoms with Gasteiger partial charge in [-0.05, 0) is 29.3 Å². The van der Waals surface area contributed by atoms with Crippen LogP contribution in [-0.4, -0.2) is 18.2 Å². The van der Waals surface area contributed by atoms with Crippen LogP contribution in [0.2, 0.25) is 0 Å². The van der Waals surface area contributed by atoms with Crippen molar-refractivity contribution in [1.29, 1.82) is 0 Å². The van der Waals surface area contributed by atoms with Gasteiger partial charge in [0.05, 0.1) is 12.2 Å². The molecular formula is C16H15FO3S. The van der Waals surface area contributed by atoms with Crippen LogP contribution in [0.1, 0.15) is 21.5 Å². The highest BCUT2D eigenvalue weighted by atomic mass is 32.2. The maximum Gasteiger partial charge on any atom is 0.336 e. The minimum Gasteiger partial charge on any atom is -0.478 e. The molecular weight excluding hydrogens is 291 g/mol. The van der Waals surface area contributed by atoms with E-state index in [4.69, 9.17) is 9.84 Å². The van der Waals surface area contributed by atoms with Crippen LogP contribution in [-0.2, 0) is 17.1 Å². The molecule has 0 heterocycles. The van der Waals surface area contributed by atoms with Gasteiger partial charge in [0.25, 0.3) is 0 Å². The molecule has 0 unspecified atom stereocenters. The van der Waals surface area contributed by atoms with Crippen molar-refractivity contribution in [2.75, 3.05) is 7.11 Å². The number of halogens is 1. The second kappa shape index (κ2) is 7.24. The topological polar surface area (TPSA) is 46.5 Å². The smallest absolute Gasteiger partial charge is 0.336 e. The van der Waals surface area contributed by atoms with Gasteiger partial charge in [-0.2, -0.15) is 0 Å². The molecule has 1 N–H and O–H groups in total. The molecule has 3 nitrogen and oxygen atoms in total. The lowest BCUT2D eigenvalue weighted by Gasteiger charge is -2.07. The first kappa shape index (κ1) is 15.5. The summed E-state index contributed by atoms with van der Waals surface area (Å²) >= 11 is 1.31. The zero-order chi connectivity index (χ0) is 15.2. The molecule has 0 aliphatic carbocycles. The number of carbonyl (C=O) groups is 1. The monoisotopic (exact) mass is 306 g/mol. The van der Waals surface area contributed by atoms with Crippen LogP contribution in [0.4, 0.5) is 4.39 Å². The lowest BCUT2D eigenvalue weighted by molar-refractivity contribution is 0.0693. The van der Waals surface area contributed by atoms with Gasteiger partial charge in [-0.25, -0.2) is 9.18 Å². The average Bonchev–Trinajstić information content (AvgIpc) is 2.46. The summed E-state index contributed by atoms with van der Waals surface area (Å²) in [5, 5.41) is 9.10. The van der Waals surface area contributed by atoms with Crippen molar-refractivity contribution in [3.63, 3.8) is 0 Å². The Morgan fingerprint density at radius 1 is 1.19 bits per heavy atom. The van der Waals surface area contributed by atoms with Crippen LogP contribution >= 0.6 is 11.8 Å². The predicted octanol–water partition coefficient (Wildman–Crippen LogP) is 3.96. The summed E-state index contributed by atoms with van der Waals surface area (Å²) in [6.07, 6.45) is 0. The molecule has 0 bridgehead atoms. The Balaban J connectivity index is 2.08. The highest BCUT2D eigenvalue weighted by Gasteiger charge is 2.11. The van der Waals surface area contributed by atoms with E-state index in [2.05, 4.69) is 0 Å². The van der Waals surface area contributed by atoms with Gasteiger partial charge in [0.15, 0.2) is 0 Å². The Kier molecular flexibility index (Phi) is 5.36. The van der Waals surface area contributed by atoms with Gasteiger partial charge in [-0.15, -0.1) is 11.8 Å². The van der Waals surface area contributed by atoms with E-state index in [-0.39, 0.29) is 5.56 Å². The number of carboxylic acids is 1. The molecule has 5 heteroatoms. The minimum atomic E-state index is -1.05. The Morgan fingerprint density at radius 2 is 1.86 bits per heavy atom. The summed E-state index contributed by atoms with van der Waals surface area (Å²) in [6, 6.07) is 11.6. The number of methoxy groups -OCH3 is 1. The standard InChI is InChI=1S/C16H15FO3S/c1-20-9-11-2-4-12(5-3-11)10-21-15-8-13(17)6-7-14(15)16(18)19/h2-8H,9-10H2,1H3,(H,18,19). The SMILES string of the molecule is COCc1ccc(CSc2cc(F)ccc2C(=O)O)cc1. The molecule has 0 saturated heterocycles. The second-order valence-corrected chi connectivity index (χ2v) is 5.50. The summed E-state index contributed by atoms with van der Waals surface area (Å²) in [4.78, 5) is 11.5. The molecule has 0 fully saturated rings. The van der Waals surface area contributed by atoms with E-state index in [0.29, 0.717) is 17.3 Å². The van der Waals surface area contributed by atoms with Gasteiger partial charge < -0.3 is 9.84 Å².